The number of Topliss-reactive ketones (excluding diaryl/α,β-unsaturated/α-hetero) is 2. The molecule has 0 atom stereocenters. The molecule has 0 aromatic heterocycles. The monoisotopic (exact) mass is 214 g/mol. The number of allylic oxidation sites excluding steroid dienone is 2. The predicted molar refractivity (Wildman–Crippen MR) is 63.0 cm³/mol. The molecule has 0 N–H and O–H groups in total. The summed E-state index contributed by atoms with van der Waals surface area (Å²) >= 11 is 0. The second-order valence-electron chi connectivity index (χ2n) is 4.39. The van der Waals surface area contributed by atoms with E-state index in [-0.39, 0.29) is 11.6 Å². The van der Waals surface area contributed by atoms with Crippen molar-refractivity contribution in [2.45, 2.75) is 27.7 Å². The first kappa shape index (κ1) is 10.8. The van der Waals surface area contributed by atoms with Gasteiger partial charge in [-0.3, -0.25) is 9.59 Å². The van der Waals surface area contributed by atoms with Crippen molar-refractivity contribution >= 4 is 11.6 Å². The Labute approximate surface area is 95.0 Å². The van der Waals surface area contributed by atoms with Gasteiger partial charge in [0.1, 0.15) is 0 Å². The summed E-state index contributed by atoms with van der Waals surface area (Å²) in [5.41, 5.74) is 4.34. The van der Waals surface area contributed by atoms with Crippen molar-refractivity contribution in [3.05, 3.63) is 45.5 Å². The molecule has 2 heteroatoms. The molecule has 1 aliphatic carbocycles. The van der Waals surface area contributed by atoms with Crippen LogP contribution in [0.3, 0.4) is 0 Å². The van der Waals surface area contributed by atoms with Crippen LogP contribution in [0.15, 0.2) is 23.3 Å². The number of aryl methyl sites for hydroxylation is 2. The van der Waals surface area contributed by atoms with Gasteiger partial charge >= 0.3 is 0 Å². The van der Waals surface area contributed by atoms with E-state index in [0.717, 1.165) is 11.1 Å². The number of carbonyl (C=O) groups is 2. The summed E-state index contributed by atoms with van der Waals surface area (Å²) in [4.78, 5) is 24.1. The Hall–Kier alpha value is -1.70. The number of benzene rings is 1. The molecule has 0 unspecified atom stereocenters. The van der Waals surface area contributed by atoms with E-state index in [1.165, 1.54) is 0 Å². The lowest BCUT2D eigenvalue weighted by atomic mass is 9.83. The smallest absolute Gasteiger partial charge is 0.189 e. The second kappa shape index (κ2) is 3.41. The van der Waals surface area contributed by atoms with Gasteiger partial charge in [0, 0.05) is 22.3 Å². The fourth-order valence-electron chi connectivity index (χ4n) is 1.94. The van der Waals surface area contributed by atoms with Gasteiger partial charge in [0.2, 0.25) is 0 Å². The average Bonchev–Trinajstić information content (AvgIpc) is 2.26. The first-order valence-corrected chi connectivity index (χ1v) is 5.31. The number of ketones is 2. The Morgan fingerprint density at radius 2 is 1.00 bits per heavy atom. The lowest BCUT2D eigenvalue weighted by molar-refractivity contribution is 0.0975. The van der Waals surface area contributed by atoms with Crippen LogP contribution in [0.4, 0.5) is 0 Å². The Kier molecular flexibility index (Phi) is 2.30. The molecule has 2 rings (SSSR count). The molecule has 2 nitrogen and oxygen atoms in total. The molecule has 0 spiro atoms. The van der Waals surface area contributed by atoms with Gasteiger partial charge in [0.05, 0.1) is 0 Å². The molecule has 0 saturated carbocycles. The van der Waals surface area contributed by atoms with E-state index in [2.05, 4.69) is 0 Å². The lowest BCUT2D eigenvalue weighted by Gasteiger charge is -2.18. The summed E-state index contributed by atoms with van der Waals surface area (Å²) in [7, 11) is 0. The first-order valence-electron chi connectivity index (χ1n) is 5.31. The maximum Gasteiger partial charge on any atom is 0.189 e. The third-order valence-corrected chi connectivity index (χ3v) is 3.37. The summed E-state index contributed by atoms with van der Waals surface area (Å²) < 4.78 is 0. The van der Waals surface area contributed by atoms with E-state index in [0.29, 0.717) is 22.3 Å². The van der Waals surface area contributed by atoms with Gasteiger partial charge in [-0.25, -0.2) is 0 Å². The Balaban J connectivity index is 2.76. The van der Waals surface area contributed by atoms with E-state index >= 15 is 0 Å². The molecule has 0 saturated heterocycles. The first-order chi connectivity index (χ1) is 7.43. The Morgan fingerprint density at radius 1 is 0.688 bits per heavy atom. The minimum atomic E-state index is -0.0183. The third kappa shape index (κ3) is 1.33. The van der Waals surface area contributed by atoms with E-state index < -0.39 is 0 Å². The van der Waals surface area contributed by atoms with Crippen molar-refractivity contribution in [3.8, 4) is 0 Å². The van der Waals surface area contributed by atoms with E-state index in [4.69, 9.17) is 0 Å². The zero-order valence-corrected chi connectivity index (χ0v) is 9.97. The van der Waals surface area contributed by atoms with Gasteiger partial charge in [-0.15, -0.1) is 0 Å². The number of hydrogen-bond acceptors (Lipinski definition) is 2. The van der Waals surface area contributed by atoms with Crippen molar-refractivity contribution in [1.29, 1.82) is 0 Å². The Bertz CT molecular complexity index is 499. The van der Waals surface area contributed by atoms with Crippen LogP contribution in [0.2, 0.25) is 0 Å². The van der Waals surface area contributed by atoms with Crippen LogP contribution in [0.5, 0.6) is 0 Å². The van der Waals surface area contributed by atoms with Crippen molar-refractivity contribution in [3.63, 3.8) is 0 Å². The van der Waals surface area contributed by atoms with Gasteiger partial charge in [0.15, 0.2) is 11.6 Å². The van der Waals surface area contributed by atoms with Crippen LogP contribution in [0.25, 0.3) is 0 Å². The molecule has 1 aliphatic rings. The molecular weight excluding hydrogens is 200 g/mol. The highest BCUT2D eigenvalue weighted by atomic mass is 16.1. The molecular formula is C14H14O2. The second-order valence-corrected chi connectivity index (χ2v) is 4.39. The van der Waals surface area contributed by atoms with Crippen molar-refractivity contribution < 1.29 is 9.59 Å². The summed E-state index contributed by atoms with van der Waals surface area (Å²) in [6.07, 6.45) is 0. The molecule has 16 heavy (non-hydrogen) atoms. The van der Waals surface area contributed by atoms with Gasteiger partial charge in [-0.1, -0.05) is 0 Å². The highest BCUT2D eigenvalue weighted by molar-refractivity contribution is 6.26. The van der Waals surface area contributed by atoms with Gasteiger partial charge in [-0.05, 0) is 51.0 Å². The molecule has 1 aromatic rings. The fraction of sp³-hybridized carbons (Fsp3) is 0.286. The number of hydrogen-bond donors (Lipinski definition) is 0. The van der Waals surface area contributed by atoms with Crippen LogP contribution in [0, 0.1) is 13.8 Å². The predicted octanol–water partition coefficient (Wildman–Crippen LogP) is 3.02. The zero-order chi connectivity index (χ0) is 12.0. The fourth-order valence-corrected chi connectivity index (χ4v) is 1.94. The molecule has 1 aromatic carbocycles. The van der Waals surface area contributed by atoms with Crippen LogP contribution in [-0.2, 0) is 0 Å². The largest absolute Gasteiger partial charge is 0.289 e. The molecule has 0 heterocycles. The molecule has 0 aliphatic heterocycles. The summed E-state index contributed by atoms with van der Waals surface area (Å²) in [6, 6.07) is 3.64. The SMILES string of the molecule is CC1=C(C)C(=O)c2cc(C)c(C)cc2C1=O. The molecule has 0 bridgehead atoms. The Morgan fingerprint density at radius 3 is 1.31 bits per heavy atom. The lowest BCUT2D eigenvalue weighted by Crippen LogP contribution is -2.20. The number of fused-ring (bicyclic) bond motifs is 1. The highest BCUT2D eigenvalue weighted by Crippen LogP contribution is 2.27. The van der Waals surface area contributed by atoms with Gasteiger partial charge in [-0.2, -0.15) is 0 Å². The van der Waals surface area contributed by atoms with Crippen LogP contribution in [0.1, 0.15) is 45.7 Å². The zero-order valence-electron chi connectivity index (χ0n) is 9.97. The van der Waals surface area contributed by atoms with E-state index in [1.807, 2.05) is 26.0 Å². The molecule has 0 fully saturated rings. The minimum absolute atomic E-state index is 0.0183. The minimum Gasteiger partial charge on any atom is -0.289 e. The van der Waals surface area contributed by atoms with Crippen LogP contribution in [-0.4, -0.2) is 11.6 Å². The van der Waals surface area contributed by atoms with Crippen LogP contribution >= 0.6 is 0 Å². The normalized spacial score (nSPS) is 15.5. The van der Waals surface area contributed by atoms with Crippen LogP contribution < -0.4 is 0 Å². The summed E-state index contributed by atoms with van der Waals surface area (Å²) in [5.74, 6) is -0.0367. The van der Waals surface area contributed by atoms with Crippen molar-refractivity contribution in [1.82, 2.24) is 0 Å². The molecule has 82 valence electrons. The maximum atomic E-state index is 12.0. The van der Waals surface area contributed by atoms with E-state index in [9.17, 15) is 9.59 Å². The van der Waals surface area contributed by atoms with Crippen molar-refractivity contribution in [2.24, 2.45) is 0 Å². The molecule has 0 radical (unpaired) electrons. The summed E-state index contributed by atoms with van der Waals surface area (Å²) in [6.45, 7) is 7.34. The topological polar surface area (TPSA) is 34.1 Å². The quantitative estimate of drug-likeness (QED) is 0.665. The number of carbonyl (C=O) groups excluding carboxylic acids is 2. The number of rotatable bonds is 0. The van der Waals surface area contributed by atoms with Crippen molar-refractivity contribution in [2.75, 3.05) is 0 Å². The standard InChI is InChI=1S/C14H14O2/c1-7-5-11-12(6-8(7)2)14(16)10(4)9(3)13(11)15/h5-6H,1-4H3. The summed E-state index contributed by atoms with van der Waals surface area (Å²) in [5, 5.41) is 0. The molecule has 0 amide bonds. The van der Waals surface area contributed by atoms with E-state index in [1.54, 1.807) is 13.8 Å². The van der Waals surface area contributed by atoms with Gasteiger partial charge in [0.25, 0.3) is 0 Å². The average molecular weight is 214 g/mol. The highest BCUT2D eigenvalue weighted by Gasteiger charge is 2.27. The maximum absolute atomic E-state index is 12.0. The third-order valence-electron chi connectivity index (χ3n) is 3.37. The van der Waals surface area contributed by atoms with Gasteiger partial charge < -0.3 is 0 Å².